The Morgan fingerprint density at radius 3 is 2.89 bits per heavy atom. The summed E-state index contributed by atoms with van der Waals surface area (Å²) in [5, 5.41) is 12.5. The maximum atomic E-state index is 11.8. The van der Waals surface area contributed by atoms with Gasteiger partial charge in [-0.15, -0.1) is 0 Å². The highest BCUT2D eigenvalue weighted by Gasteiger charge is 2.07. The smallest absolute Gasteiger partial charge is 0.255 e. The van der Waals surface area contributed by atoms with E-state index >= 15 is 0 Å². The average Bonchev–Trinajstić information content (AvgIpc) is 2.34. The molecule has 0 spiro atoms. The number of aliphatic hydroxyl groups excluding tert-OH is 1. The van der Waals surface area contributed by atoms with Gasteiger partial charge in [0.1, 0.15) is 0 Å². The maximum Gasteiger partial charge on any atom is 0.255 e. The average molecular weight is 280 g/mol. The summed E-state index contributed by atoms with van der Waals surface area (Å²) in [5.41, 5.74) is 1.59. The van der Waals surface area contributed by atoms with Crippen LogP contribution < -0.4 is 10.9 Å². The number of halogens is 1. The van der Waals surface area contributed by atoms with E-state index in [1.54, 1.807) is 25.1 Å². The summed E-state index contributed by atoms with van der Waals surface area (Å²) in [5.74, 6) is 0.353. The van der Waals surface area contributed by atoms with Crippen LogP contribution in [0.5, 0.6) is 0 Å². The van der Waals surface area contributed by atoms with E-state index in [4.69, 9.17) is 16.7 Å². The fourth-order valence-electron chi connectivity index (χ4n) is 1.78. The van der Waals surface area contributed by atoms with Crippen LogP contribution in [0.1, 0.15) is 11.3 Å². The molecule has 1 heterocycles. The fraction of sp³-hybridized carbons (Fsp3) is 0.231. The third-order valence-electron chi connectivity index (χ3n) is 2.67. The molecule has 2 rings (SSSR count). The molecular formula is C13H14ClN3O2. The summed E-state index contributed by atoms with van der Waals surface area (Å²) >= 11 is 5.88. The Balaban J connectivity index is 2.29. The maximum absolute atomic E-state index is 11.8. The van der Waals surface area contributed by atoms with Gasteiger partial charge >= 0.3 is 0 Å². The van der Waals surface area contributed by atoms with Crippen LogP contribution in [0.2, 0.25) is 5.02 Å². The van der Waals surface area contributed by atoms with Crippen molar-refractivity contribution in [3.05, 3.63) is 50.9 Å². The second-order valence-electron chi connectivity index (χ2n) is 4.09. The van der Waals surface area contributed by atoms with Crippen LogP contribution in [0.3, 0.4) is 0 Å². The summed E-state index contributed by atoms with van der Waals surface area (Å²) in [7, 11) is 0. The largest absolute Gasteiger partial charge is 0.396 e. The molecule has 0 saturated heterocycles. The number of aliphatic hydroxyl groups is 1. The zero-order chi connectivity index (χ0) is 13.8. The number of aromatic nitrogens is 2. The summed E-state index contributed by atoms with van der Waals surface area (Å²) in [4.78, 5) is 18.7. The van der Waals surface area contributed by atoms with Gasteiger partial charge in [0.05, 0.1) is 5.69 Å². The first-order valence-electron chi connectivity index (χ1n) is 5.83. The molecule has 0 aliphatic carbocycles. The first-order valence-corrected chi connectivity index (χ1v) is 6.21. The van der Waals surface area contributed by atoms with Crippen LogP contribution in [0.25, 0.3) is 0 Å². The van der Waals surface area contributed by atoms with Crippen LogP contribution in [0.4, 0.5) is 11.6 Å². The zero-order valence-corrected chi connectivity index (χ0v) is 11.2. The Bertz CT molecular complexity index is 640. The number of rotatable bonds is 4. The van der Waals surface area contributed by atoms with E-state index in [9.17, 15) is 4.79 Å². The predicted molar refractivity (Wildman–Crippen MR) is 75.1 cm³/mol. The lowest BCUT2D eigenvalue weighted by atomic mass is 10.2. The van der Waals surface area contributed by atoms with E-state index in [1.807, 2.05) is 6.07 Å². The van der Waals surface area contributed by atoms with Gasteiger partial charge in [0, 0.05) is 29.3 Å². The Morgan fingerprint density at radius 1 is 1.47 bits per heavy atom. The summed E-state index contributed by atoms with van der Waals surface area (Å²) in [6, 6.07) is 7.12. The normalized spacial score (nSPS) is 10.5. The first-order chi connectivity index (χ1) is 9.10. The molecule has 5 nitrogen and oxygen atoms in total. The molecule has 0 amide bonds. The van der Waals surface area contributed by atoms with Crippen molar-refractivity contribution in [1.29, 1.82) is 0 Å². The highest BCUT2D eigenvalue weighted by Crippen LogP contribution is 2.17. The van der Waals surface area contributed by atoms with Crippen molar-refractivity contribution in [1.82, 2.24) is 9.97 Å². The molecule has 0 saturated carbocycles. The number of H-pyrrole nitrogens is 1. The van der Waals surface area contributed by atoms with Gasteiger partial charge in [-0.25, -0.2) is 4.98 Å². The monoisotopic (exact) mass is 279 g/mol. The van der Waals surface area contributed by atoms with Crippen molar-refractivity contribution < 1.29 is 5.11 Å². The first kappa shape index (κ1) is 13.6. The lowest BCUT2D eigenvalue weighted by Crippen LogP contribution is -2.19. The highest BCUT2D eigenvalue weighted by molar-refractivity contribution is 6.30. The molecule has 0 unspecified atom stereocenters. The Morgan fingerprint density at radius 2 is 2.26 bits per heavy atom. The fourth-order valence-corrected chi connectivity index (χ4v) is 1.97. The zero-order valence-electron chi connectivity index (χ0n) is 10.4. The van der Waals surface area contributed by atoms with Crippen molar-refractivity contribution in [2.45, 2.75) is 13.3 Å². The molecule has 2 aromatic rings. The van der Waals surface area contributed by atoms with Gasteiger partial charge in [-0.05, 0) is 25.1 Å². The number of hydrogen-bond donors (Lipinski definition) is 3. The lowest BCUT2D eigenvalue weighted by Gasteiger charge is -2.08. The van der Waals surface area contributed by atoms with E-state index < -0.39 is 0 Å². The van der Waals surface area contributed by atoms with Crippen LogP contribution in [0, 0.1) is 6.92 Å². The highest BCUT2D eigenvalue weighted by atomic mass is 35.5. The van der Waals surface area contributed by atoms with Crippen LogP contribution in [-0.2, 0) is 6.42 Å². The third kappa shape index (κ3) is 3.33. The summed E-state index contributed by atoms with van der Waals surface area (Å²) < 4.78 is 0. The third-order valence-corrected chi connectivity index (χ3v) is 2.91. The molecule has 100 valence electrons. The molecule has 6 heteroatoms. The molecule has 0 radical (unpaired) electrons. The number of nitrogens with zero attached hydrogens (tertiary/aromatic N) is 1. The topological polar surface area (TPSA) is 78.0 Å². The Kier molecular flexibility index (Phi) is 4.19. The number of aromatic amines is 1. The van der Waals surface area contributed by atoms with Crippen molar-refractivity contribution in [2.75, 3.05) is 11.9 Å². The van der Waals surface area contributed by atoms with E-state index in [0.29, 0.717) is 28.6 Å². The van der Waals surface area contributed by atoms with Crippen LogP contribution in [0.15, 0.2) is 29.1 Å². The quantitative estimate of drug-likeness (QED) is 0.800. The van der Waals surface area contributed by atoms with E-state index in [0.717, 1.165) is 5.69 Å². The Labute approximate surface area is 115 Å². The minimum Gasteiger partial charge on any atom is -0.396 e. The van der Waals surface area contributed by atoms with Crippen LogP contribution in [-0.4, -0.2) is 21.7 Å². The number of anilines is 2. The molecular weight excluding hydrogens is 266 g/mol. The van der Waals surface area contributed by atoms with Crippen molar-refractivity contribution in [3.63, 3.8) is 0 Å². The van der Waals surface area contributed by atoms with Gasteiger partial charge in [-0.1, -0.05) is 17.7 Å². The van der Waals surface area contributed by atoms with Gasteiger partial charge < -0.3 is 10.4 Å². The standard InChI is InChI=1S/C13H14ClN3O2/c1-8-11(5-6-18)12(19)17-13(15-8)16-10-4-2-3-9(14)7-10/h2-4,7,18H,5-6H2,1H3,(H2,15,16,17,19). The molecule has 3 N–H and O–H groups in total. The van der Waals surface area contributed by atoms with Crippen molar-refractivity contribution >= 4 is 23.2 Å². The van der Waals surface area contributed by atoms with Crippen molar-refractivity contribution in [2.24, 2.45) is 0 Å². The number of hydrogen-bond acceptors (Lipinski definition) is 4. The van der Waals surface area contributed by atoms with E-state index in [1.165, 1.54) is 0 Å². The molecule has 1 aromatic heterocycles. The molecule has 0 aliphatic heterocycles. The van der Waals surface area contributed by atoms with Gasteiger partial charge in [0.15, 0.2) is 0 Å². The SMILES string of the molecule is Cc1nc(Nc2cccc(Cl)c2)[nH]c(=O)c1CCO. The second-order valence-corrected chi connectivity index (χ2v) is 4.52. The lowest BCUT2D eigenvalue weighted by molar-refractivity contribution is 0.298. The number of benzene rings is 1. The Hall–Kier alpha value is -1.85. The molecule has 0 fully saturated rings. The molecule has 0 aliphatic rings. The van der Waals surface area contributed by atoms with E-state index in [2.05, 4.69) is 15.3 Å². The number of aryl methyl sites for hydroxylation is 1. The van der Waals surface area contributed by atoms with Gasteiger partial charge in [-0.2, -0.15) is 0 Å². The molecule has 1 aromatic carbocycles. The van der Waals surface area contributed by atoms with Crippen LogP contribution >= 0.6 is 11.6 Å². The number of nitrogens with one attached hydrogen (secondary N) is 2. The van der Waals surface area contributed by atoms with Gasteiger partial charge in [0.25, 0.3) is 5.56 Å². The van der Waals surface area contributed by atoms with Gasteiger partial charge in [0.2, 0.25) is 5.95 Å². The van der Waals surface area contributed by atoms with E-state index in [-0.39, 0.29) is 12.2 Å². The molecule has 0 atom stereocenters. The summed E-state index contributed by atoms with van der Waals surface area (Å²) in [6.07, 6.45) is 0.297. The van der Waals surface area contributed by atoms with Crippen molar-refractivity contribution in [3.8, 4) is 0 Å². The predicted octanol–water partition coefficient (Wildman–Crippen LogP) is 2.01. The minimum absolute atomic E-state index is 0.0767. The molecule has 19 heavy (non-hydrogen) atoms. The second kappa shape index (κ2) is 5.86. The summed E-state index contributed by atoms with van der Waals surface area (Å²) in [6.45, 7) is 1.66. The van der Waals surface area contributed by atoms with Gasteiger partial charge in [-0.3, -0.25) is 9.78 Å². The molecule has 0 bridgehead atoms. The minimum atomic E-state index is -0.244.